The quantitative estimate of drug-likeness (QED) is 0.106. The van der Waals surface area contributed by atoms with Crippen LogP contribution in [-0.2, 0) is 32.7 Å². The predicted octanol–water partition coefficient (Wildman–Crippen LogP) is 9.82. The average molecular weight is 584 g/mol. The summed E-state index contributed by atoms with van der Waals surface area (Å²) in [6, 6.07) is 7.37. The predicted molar refractivity (Wildman–Crippen MR) is 146 cm³/mol. The molecule has 7 heteroatoms. The van der Waals surface area contributed by atoms with Gasteiger partial charge in [0.2, 0.25) is 0 Å². The molecule has 0 aliphatic rings. The first-order valence-corrected chi connectivity index (χ1v) is 23.5. The molecule has 200 valence electrons. The van der Waals surface area contributed by atoms with E-state index in [1.54, 1.807) is 0 Å². The molecule has 0 heterocycles. The van der Waals surface area contributed by atoms with Crippen molar-refractivity contribution in [2.24, 2.45) is 0 Å². The molecule has 4 nitrogen and oxygen atoms in total. The Labute approximate surface area is 217 Å². The summed E-state index contributed by atoms with van der Waals surface area (Å²) in [7, 11) is -0.345. The second-order valence-corrected chi connectivity index (χ2v) is 25.7. The van der Waals surface area contributed by atoms with Crippen LogP contribution in [0.4, 0.5) is 0 Å². The van der Waals surface area contributed by atoms with E-state index in [0.717, 1.165) is 0 Å². The summed E-state index contributed by atoms with van der Waals surface area (Å²) in [5.74, 6) is 0. The van der Waals surface area contributed by atoms with Gasteiger partial charge < -0.3 is 0 Å². The number of rotatable bonds is 24. The van der Waals surface area contributed by atoms with Gasteiger partial charge in [-0.15, -0.1) is 0 Å². The topological polar surface area (TPSA) is 36.9 Å². The molecule has 0 aromatic carbocycles. The van der Waals surface area contributed by atoms with Gasteiger partial charge in [-0.1, -0.05) is 0 Å². The third kappa shape index (κ3) is 13.3. The third-order valence-corrected chi connectivity index (χ3v) is 28.6. The Morgan fingerprint density at radius 2 is 0.636 bits per heavy atom. The molecule has 0 N–H and O–H groups in total. The summed E-state index contributed by atoms with van der Waals surface area (Å²) in [4.78, 5) is 0. The summed E-state index contributed by atoms with van der Waals surface area (Å²) in [6.07, 6.45) is 14.8. The van der Waals surface area contributed by atoms with Crippen LogP contribution in [0, 0.1) is 0 Å². The summed E-state index contributed by atoms with van der Waals surface area (Å²) in [5.41, 5.74) is 0. The second-order valence-electron chi connectivity index (χ2n) is 10.1. The fourth-order valence-electron chi connectivity index (χ4n) is 4.85. The van der Waals surface area contributed by atoms with Crippen LogP contribution in [0.15, 0.2) is 0 Å². The molecule has 33 heavy (non-hydrogen) atoms. The van der Waals surface area contributed by atoms with E-state index in [1.165, 1.54) is 113 Å². The van der Waals surface area contributed by atoms with Crippen molar-refractivity contribution in [3.8, 4) is 0 Å². The van der Waals surface area contributed by atoms with Crippen molar-refractivity contribution in [1.29, 1.82) is 0 Å². The van der Waals surface area contributed by atoms with E-state index in [-0.39, 0.29) is 0 Å². The van der Waals surface area contributed by atoms with Crippen molar-refractivity contribution in [3.05, 3.63) is 0 Å². The van der Waals surface area contributed by atoms with Crippen LogP contribution in [0.5, 0.6) is 0 Å². The maximum atomic E-state index is 7.34. The maximum absolute atomic E-state index is 7.34. The van der Waals surface area contributed by atoms with Gasteiger partial charge in [-0.3, -0.25) is 0 Å². The normalized spacial score (nSPS) is 13.1. The molecule has 0 atom stereocenters. The van der Waals surface area contributed by atoms with Crippen molar-refractivity contribution in [1.82, 2.24) is 0 Å². The Bertz CT molecular complexity index is 370. The van der Waals surface area contributed by atoms with E-state index < -0.39 is 38.7 Å². The minimum atomic E-state index is -4.14. The summed E-state index contributed by atoms with van der Waals surface area (Å²) >= 11 is -4.14. The Balaban J connectivity index is 6.17. The first-order chi connectivity index (χ1) is 15.9. The fraction of sp³-hybridized carbons (Fsp3) is 1.00. The van der Waals surface area contributed by atoms with Gasteiger partial charge in [0.05, 0.1) is 0 Å². The van der Waals surface area contributed by atoms with E-state index in [2.05, 4.69) is 41.5 Å². The van der Waals surface area contributed by atoms with Crippen molar-refractivity contribution in [2.75, 3.05) is 14.2 Å². The van der Waals surface area contributed by atoms with Crippen LogP contribution in [0.1, 0.15) is 119 Å². The Morgan fingerprint density at radius 1 is 0.424 bits per heavy atom. The van der Waals surface area contributed by atoms with Crippen LogP contribution in [0.2, 0.25) is 36.3 Å². The minimum absolute atomic E-state index is 1.22. The van der Waals surface area contributed by atoms with Gasteiger partial charge >= 0.3 is 218 Å². The first kappa shape index (κ1) is 34.2. The van der Waals surface area contributed by atoms with Crippen LogP contribution in [0.25, 0.3) is 0 Å². The first-order valence-electron chi connectivity index (χ1n) is 14.4. The molecule has 0 saturated heterocycles. The van der Waals surface area contributed by atoms with Crippen molar-refractivity contribution < 1.29 is 32.7 Å². The van der Waals surface area contributed by atoms with Gasteiger partial charge in [0, 0.05) is 0 Å². The van der Waals surface area contributed by atoms with Crippen molar-refractivity contribution in [2.45, 2.75) is 155 Å². The standard InChI is InChI=1S/2C12H27OSi.2CH3O.Zr/c2*1-4-7-10-14(13,11-8-5-2)12-9-6-3;2*1-2;/h2*4-12H2,1-3H3;2*1H3;/q4*-1;+4. The summed E-state index contributed by atoms with van der Waals surface area (Å²) in [6.45, 7) is 13.8. The molecular weight excluding hydrogens is 524 g/mol. The Morgan fingerprint density at radius 3 is 0.788 bits per heavy atom. The fourth-order valence-corrected chi connectivity index (χ4v) is 30.6. The zero-order valence-electron chi connectivity index (χ0n) is 23.9. The number of unbranched alkanes of at least 4 members (excludes halogenated alkanes) is 6. The van der Waals surface area contributed by atoms with Gasteiger partial charge in [-0.05, 0) is 0 Å². The molecule has 0 aliphatic carbocycles. The van der Waals surface area contributed by atoms with Crippen LogP contribution in [0.3, 0.4) is 0 Å². The van der Waals surface area contributed by atoms with E-state index in [9.17, 15) is 0 Å². The molecule has 0 saturated carbocycles. The number of hydrogen-bond donors (Lipinski definition) is 0. The third-order valence-electron chi connectivity index (χ3n) is 7.10. The van der Waals surface area contributed by atoms with E-state index in [0.29, 0.717) is 0 Å². The molecular formula is C26H60O4Si2Zr. The average Bonchev–Trinajstić information content (AvgIpc) is 2.85. The van der Waals surface area contributed by atoms with Gasteiger partial charge in [-0.2, -0.15) is 0 Å². The van der Waals surface area contributed by atoms with E-state index >= 15 is 0 Å². The monoisotopic (exact) mass is 582 g/mol. The molecule has 0 amide bonds. The molecule has 0 radical (unpaired) electrons. The van der Waals surface area contributed by atoms with Gasteiger partial charge in [0.15, 0.2) is 0 Å². The van der Waals surface area contributed by atoms with E-state index in [4.69, 9.17) is 10.6 Å². The molecule has 0 rings (SSSR count). The molecule has 0 aromatic rings. The zero-order chi connectivity index (χ0) is 25.1. The van der Waals surface area contributed by atoms with Crippen LogP contribution >= 0.6 is 0 Å². The van der Waals surface area contributed by atoms with Gasteiger partial charge in [0.1, 0.15) is 0 Å². The zero-order valence-corrected chi connectivity index (χ0v) is 28.3. The second kappa shape index (κ2) is 20.2. The van der Waals surface area contributed by atoms with E-state index in [1.807, 2.05) is 14.2 Å². The van der Waals surface area contributed by atoms with Crippen LogP contribution < -0.4 is 0 Å². The Hall–Kier alpha value is 1.16. The molecule has 0 spiro atoms. The molecule has 0 fully saturated rings. The molecule has 0 unspecified atom stereocenters. The summed E-state index contributed by atoms with van der Waals surface area (Å²) in [5, 5.41) is 0. The van der Waals surface area contributed by atoms with Crippen molar-refractivity contribution in [3.63, 3.8) is 0 Å². The summed E-state index contributed by atoms with van der Waals surface area (Å²) < 4.78 is 27.3. The van der Waals surface area contributed by atoms with Crippen molar-refractivity contribution >= 4 is 16.6 Å². The molecule has 0 aliphatic heterocycles. The molecule has 0 bridgehead atoms. The number of hydrogen-bond acceptors (Lipinski definition) is 4. The van der Waals surface area contributed by atoms with Gasteiger partial charge in [0.25, 0.3) is 0 Å². The van der Waals surface area contributed by atoms with Gasteiger partial charge in [-0.25, -0.2) is 0 Å². The SMILES string of the molecule is CCCC[Si](CCCC)(CCCC)[O][Zr]([O]C)([O]C)[O][Si](CCCC)(CCCC)CCCC. The Kier molecular flexibility index (Phi) is 21.0. The molecule has 0 aromatic heterocycles. The van der Waals surface area contributed by atoms with Crippen LogP contribution in [-0.4, -0.2) is 30.9 Å².